The number of benzene rings is 2. The molecule has 0 aliphatic carbocycles. The monoisotopic (exact) mass is 540 g/mol. The third-order valence-electron chi connectivity index (χ3n) is 6.76. The number of carbonyl (C=O) groups excluding carboxylic acids is 1. The zero-order chi connectivity index (χ0) is 25.7. The predicted octanol–water partition coefficient (Wildman–Crippen LogP) is 4.90. The van der Waals surface area contributed by atoms with Gasteiger partial charge in [0, 0.05) is 0 Å². The first-order chi connectivity index (χ1) is 16.6. The Balaban J connectivity index is 1.74. The molecule has 35 heavy (non-hydrogen) atoms. The summed E-state index contributed by atoms with van der Waals surface area (Å²) in [5.74, 6) is 0.266. The second-order valence-electron chi connectivity index (χ2n) is 9.72. The molecule has 1 amide bonds. The van der Waals surface area contributed by atoms with Gasteiger partial charge < -0.3 is 5.73 Å². The third kappa shape index (κ3) is 7.03. The van der Waals surface area contributed by atoms with Gasteiger partial charge in [-0.1, -0.05) is 6.92 Å². The number of halogens is 1. The Kier molecular flexibility index (Phi) is 10.1. The number of nitrogens with zero attached hydrogens (tertiary/aromatic N) is 1. The molecule has 0 spiro atoms. The Morgan fingerprint density at radius 1 is 1.23 bits per heavy atom. The number of primary amides is 1. The molecule has 4 atom stereocenters. The summed E-state index contributed by atoms with van der Waals surface area (Å²) in [5, 5.41) is 5.67. The van der Waals surface area contributed by atoms with Gasteiger partial charge in [-0.25, -0.2) is 0 Å². The Morgan fingerprint density at radius 3 is 2.60 bits per heavy atom. The van der Waals surface area contributed by atoms with Crippen LogP contribution in [0.5, 0.6) is 0 Å². The van der Waals surface area contributed by atoms with Crippen LogP contribution in [0, 0.1) is 11.8 Å². The molecule has 0 aromatic heterocycles. The normalized spacial score (nSPS) is 21.4. The van der Waals surface area contributed by atoms with Crippen molar-refractivity contribution < 1.29 is 24.8 Å². The van der Waals surface area contributed by atoms with E-state index in [0.717, 1.165) is 34.7 Å². The maximum atomic E-state index is 14.6. The van der Waals surface area contributed by atoms with Gasteiger partial charge in [0.2, 0.25) is 5.91 Å². The Bertz CT molecular complexity index is 1050. The van der Waals surface area contributed by atoms with Gasteiger partial charge in [-0.3, -0.25) is 4.79 Å². The van der Waals surface area contributed by atoms with Crippen LogP contribution in [0.1, 0.15) is 69.2 Å². The van der Waals surface area contributed by atoms with Crippen molar-refractivity contribution in [2.45, 2.75) is 68.5 Å². The van der Waals surface area contributed by atoms with Gasteiger partial charge in [0.05, 0.1) is 0 Å². The molecule has 2 aromatic rings. The topological polar surface area (TPSA) is 70.4 Å². The summed E-state index contributed by atoms with van der Waals surface area (Å²) in [6.07, 6.45) is 1.76. The smallest absolute Gasteiger partial charge is 0.220 e. The Hall–Kier alpha value is -1.54. The quantitative estimate of drug-likeness (QED) is 0.280. The van der Waals surface area contributed by atoms with Crippen LogP contribution in [0.25, 0.3) is 0 Å². The van der Waals surface area contributed by atoms with E-state index in [4.69, 9.17) is 5.73 Å². The molecular formula is C27H37FFeN4OS. The van der Waals surface area contributed by atoms with E-state index in [1.165, 1.54) is 5.56 Å². The van der Waals surface area contributed by atoms with Crippen molar-refractivity contribution in [3.8, 4) is 0 Å². The summed E-state index contributed by atoms with van der Waals surface area (Å²) in [5.41, 5.74) is 11.7. The summed E-state index contributed by atoms with van der Waals surface area (Å²) >= 11 is 5.21. The first kappa shape index (κ1) is 28.0. The van der Waals surface area contributed by atoms with Crippen molar-refractivity contribution >= 4 is 22.3 Å². The van der Waals surface area contributed by atoms with Crippen LogP contribution in [0.2, 0.25) is 0 Å². The second kappa shape index (κ2) is 12.6. The number of amides is 1. The molecule has 1 saturated heterocycles. The van der Waals surface area contributed by atoms with Gasteiger partial charge in [-0.05, 0) is 0 Å². The molecular weight excluding hydrogens is 503 g/mol. The maximum absolute atomic E-state index is 14.6. The number of hydrazine groups is 1. The number of hydrogen-bond acceptors (Lipinski definition) is 5. The number of nitrogens with two attached hydrogens (primary N) is 1. The molecule has 5 nitrogen and oxygen atoms in total. The molecule has 0 bridgehead atoms. The van der Waals surface area contributed by atoms with E-state index in [1.54, 1.807) is 11.8 Å². The van der Waals surface area contributed by atoms with Crippen LogP contribution in [0.15, 0.2) is 52.3 Å². The molecule has 4 N–H and O–H groups in total. The van der Waals surface area contributed by atoms with Crippen LogP contribution in [-0.2, 0) is 20.4 Å². The van der Waals surface area contributed by atoms with E-state index in [1.807, 2.05) is 38.2 Å². The fourth-order valence-corrected chi connectivity index (χ4v) is 6.11. The molecule has 2 aromatic carbocycles. The van der Waals surface area contributed by atoms with Crippen LogP contribution in [0.3, 0.4) is 0 Å². The average Bonchev–Trinajstić information content (AvgIpc) is 3.10. The van der Waals surface area contributed by atoms with E-state index in [2.05, 4.69) is 70.3 Å². The summed E-state index contributed by atoms with van der Waals surface area (Å²) in [7, 11) is 2.02. The zero-order valence-corrected chi connectivity index (χ0v) is 23.0. The molecule has 1 aliphatic rings. The van der Waals surface area contributed by atoms with Gasteiger partial charge in [-0.2, -0.15) is 0 Å². The molecule has 4 unspecified atom stereocenters. The largest absolute Gasteiger partial charge is 0.369 e. The van der Waals surface area contributed by atoms with Crippen molar-refractivity contribution in [1.82, 2.24) is 15.8 Å². The maximum Gasteiger partial charge on any atom is 0.220 e. The molecule has 8 heteroatoms. The van der Waals surface area contributed by atoms with E-state index < -0.39 is 4.67 Å². The Labute approximate surface area is 221 Å². The zero-order valence-electron chi connectivity index (χ0n) is 21.1. The molecule has 3 rings (SSSR count). The Morgan fingerprint density at radius 2 is 1.94 bits per heavy atom. The van der Waals surface area contributed by atoms with Gasteiger partial charge in [0.25, 0.3) is 0 Å². The van der Waals surface area contributed by atoms with E-state index in [0.29, 0.717) is 11.5 Å². The van der Waals surface area contributed by atoms with Crippen molar-refractivity contribution in [3.63, 3.8) is 0 Å². The number of hydrogen-bond donors (Lipinski definition) is 3. The van der Waals surface area contributed by atoms with Gasteiger partial charge in [-0.15, -0.1) is 0 Å². The van der Waals surface area contributed by atoms with Crippen molar-refractivity contribution in [2.24, 2.45) is 17.6 Å². The summed E-state index contributed by atoms with van der Waals surface area (Å²) < 4.78 is 14.2. The van der Waals surface area contributed by atoms with Crippen molar-refractivity contribution in [2.75, 3.05) is 13.6 Å². The van der Waals surface area contributed by atoms with Crippen molar-refractivity contribution in [3.05, 3.63) is 59.2 Å². The van der Waals surface area contributed by atoms with Gasteiger partial charge >= 0.3 is 198 Å². The van der Waals surface area contributed by atoms with Gasteiger partial charge in [0.1, 0.15) is 0 Å². The second-order valence-corrected chi connectivity index (χ2v) is 11.3. The summed E-state index contributed by atoms with van der Waals surface area (Å²) in [6.45, 7) is 9.19. The number of nitrogens with one attached hydrogen (secondary N) is 2. The standard InChI is InChI=1S/C27H37FN4OS.Fe/c1-17(2)22-10-6-7-11-24(22)34-23-13-12-20(15-21(23)16-28)25-19(4)27(32(5)31-25)30-14-8-9-18(3)26(29)33;/h6-7,10-13,15,17-19,25,27,30-31H,8-9,14H2,1-5H3,(H2,29,33);. The fraction of sp³-hybridized carbons (Fsp3) is 0.481. The van der Waals surface area contributed by atoms with Crippen LogP contribution < -0.4 is 16.5 Å². The molecule has 1 heterocycles. The van der Waals surface area contributed by atoms with E-state index in [9.17, 15) is 9.18 Å². The van der Waals surface area contributed by atoms with Crippen LogP contribution in [0.4, 0.5) is 4.39 Å². The van der Waals surface area contributed by atoms with E-state index in [-0.39, 0.29) is 30.0 Å². The average molecular weight is 541 g/mol. The van der Waals surface area contributed by atoms with Crippen LogP contribution >= 0.6 is 11.8 Å². The third-order valence-corrected chi connectivity index (χ3v) is 8.22. The SMILES string of the molecule is CC(CCCNC1C(C)C(c2ccc(Sc3ccccc3C(C)C)c([C](F)=[Fe])c2)NN1C)C(N)=O. The summed E-state index contributed by atoms with van der Waals surface area (Å²) in [4.78, 5) is 13.3. The molecule has 1 aliphatic heterocycles. The molecule has 0 saturated carbocycles. The fourth-order valence-electron chi connectivity index (χ4n) is 4.60. The van der Waals surface area contributed by atoms with Crippen LogP contribution in [-0.4, -0.2) is 35.3 Å². The van der Waals surface area contributed by atoms with E-state index >= 15 is 0 Å². The molecule has 192 valence electrons. The minimum absolute atomic E-state index is 0.0437. The minimum atomic E-state index is -0.423. The molecule has 0 radical (unpaired) electrons. The van der Waals surface area contributed by atoms with Gasteiger partial charge in [0.15, 0.2) is 0 Å². The first-order valence-electron chi connectivity index (χ1n) is 12.2. The first-order valence-corrected chi connectivity index (χ1v) is 13.6. The number of carbonyl (C=O) groups is 1. The molecule has 1 fully saturated rings. The number of rotatable bonds is 11. The summed E-state index contributed by atoms with van der Waals surface area (Å²) in [6, 6.07) is 14.4. The minimum Gasteiger partial charge on any atom is -0.369 e. The predicted molar refractivity (Wildman–Crippen MR) is 138 cm³/mol. The van der Waals surface area contributed by atoms with Crippen molar-refractivity contribution in [1.29, 1.82) is 0 Å².